The van der Waals surface area contributed by atoms with E-state index in [9.17, 15) is 9.59 Å². The Labute approximate surface area is 143 Å². The summed E-state index contributed by atoms with van der Waals surface area (Å²) in [6, 6.07) is 5.58. The highest BCUT2D eigenvalue weighted by Gasteiger charge is 2.30. The lowest BCUT2D eigenvalue weighted by Crippen LogP contribution is -2.41. The van der Waals surface area contributed by atoms with Crippen LogP contribution in [0.25, 0.3) is 6.08 Å². The number of aryl methyl sites for hydroxylation is 1. The number of amides is 2. The van der Waals surface area contributed by atoms with E-state index in [0.717, 1.165) is 17.5 Å². The maximum absolute atomic E-state index is 12.8. The molecule has 5 heteroatoms. The van der Waals surface area contributed by atoms with Gasteiger partial charge in [0.15, 0.2) is 0 Å². The number of hydrogen-bond acceptors (Lipinski definition) is 3. The fourth-order valence-electron chi connectivity index (χ4n) is 2.85. The molecule has 2 rings (SSSR count). The molecule has 1 aromatic carbocycles. The lowest BCUT2D eigenvalue weighted by Gasteiger charge is -2.22. The summed E-state index contributed by atoms with van der Waals surface area (Å²) >= 11 is 0. The fraction of sp³-hybridized carbons (Fsp3) is 0.474. The van der Waals surface area contributed by atoms with Gasteiger partial charge in [-0.3, -0.25) is 4.79 Å². The number of carbonyl (C=O) groups excluding carboxylic acids is 2. The average Bonchev–Trinajstić information content (AvgIpc) is 2.92. The largest absolute Gasteiger partial charge is 0.444 e. The number of benzene rings is 1. The van der Waals surface area contributed by atoms with Crippen molar-refractivity contribution in [1.82, 2.24) is 10.2 Å². The molecule has 5 nitrogen and oxygen atoms in total. The molecule has 1 aliphatic heterocycles. The van der Waals surface area contributed by atoms with Crippen LogP contribution in [0.2, 0.25) is 0 Å². The van der Waals surface area contributed by atoms with Crippen molar-refractivity contribution in [1.29, 1.82) is 0 Å². The summed E-state index contributed by atoms with van der Waals surface area (Å²) < 4.78 is 5.27. The molecular weight excluding hydrogens is 304 g/mol. The molecule has 0 aliphatic carbocycles. The molecule has 0 saturated carbocycles. The number of alkyl carbamates (subject to hydrolysis) is 1. The van der Waals surface area contributed by atoms with Gasteiger partial charge in [-0.05, 0) is 51.3 Å². The summed E-state index contributed by atoms with van der Waals surface area (Å²) in [4.78, 5) is 26.4. The zero-order valence-corrected chi connectivity index (χ0v) is 14.9. The molecule has 0 radical (unpaired) electrons. The molecular formula is C19H26N2O3. The molecule has 1 fully saturated rings. The normalized spacial score (nSPS) is 17.5. The lowest BCUT2D eigenvalue weighted by molar-refractivity contribution is 0.0502. The van der Waals surface area contributed by atoms with Gasteiger partial charge in [0.25, 0.3) is 5.91 Å². The molecule has 1 N–H and O–H groups in total. The van der Waals surface area contributed by atoms with E-state index in [2.05, 4.69) is 11.9 Å². The van der Waals surface area contributed by atoms with E-state index in [1.807, 2.05) is 45.9 Å². The van der Waals surface area contributed by atoms with Crippen molar-refractivity contribution in [3.63, 3.8) is 0 Å². The molecule has 1 heterocycles. The van der Waals surface area contributed by atoms with Crippen LogP contribution in [0.5, 0.6) is 0 Å². The maximum atomic E-state index is 12.8. The van der Waals surface area contributed by atoms with Gasteiger partial charge in [-0.15, -0.1) is 0 Å². The van der Waals surface area contributed by atoms with E-state index < -0.39 is 11.7 Å². The number of rotatable bonds is 3. The van der Waals surface area contributed by atoms with Crippen molar-refractivity contribution >= 4 is 18.1 Å². The smallest absolute Gasteiger partial charge is 0.407 e. The Kier molecular flexibility index (Phi) is 5.32. The van der Waals surface area contributed by atoms with Gasteiger partial charge >= 0.3 is 6.09 Å². The summed E-state index contributed by atoms with van der Waals surface area (Å²) in [5.41, 5.74) is 2.02. The minimum atomic E-state index is -0.529. The Hall–Kier alpha value is -2.30. The Morgan fingerprint density at radius 2 is 2.08 bits per heavy atom. The Balaban J connectivity index is 2.01. The zero-order chi connectivity index (χ0) is 17.9. The molecule has 1 aliphatic rings. The number of nitrogens with zero attached hydrogens (tertiary/aromatic N) is 1. The van der Waals surface area contributed by atoms with E-state index in [0.29, 0.717) is 18.7 Å². The first-order chi connectivity index (χ1) is 11.2. The lowest BCUT2D eigenvalue weighted by atomic mass is 10.0. The van der Waals surface area contributed by atoms with Crippen LogP contribution in [0.4, 0.5) is 4.79 Å². The summed E-state index contributed by atoms with van der Waals surface area (Å²) in [6.45, 7) is 12.3. The van der Waals surface area contributed by atoms with Gasteiger partial charge in [0.05, 0.1) is 6.04 Å². The van der Waals surface area contributed by atoms with Gasteiger partial charge in [0, 0.05) is 18.7 Å². The highest BCUT2D eigenvalue weighted by Crippen LogP contribution is 2.20. The first-order valence-electron chi connectivity index (χ1n) is 8.22. The minimum Gasteiger partial charge on any atom is -0.444 e. The van der Waals surface area contributed by atoms with Crippen molar-refractivity contribution < 1.29 is 14.3 Å². The average molecular weight is 330 g/mol. The third-order valence-electron chi connectivity index (χ3n) is 3.95. The van der Waals surface area contributed by atoms with Crippen LogP contribution in [-0.4, -0.2) is 41.6 Å². The van der Waals surface area contributed by atoms with E-state index in [1.165, 1.54) is 0 Å². The van der Waals surface area contributed by atoms with Gasteiger partial charge in [-0.25, -0.2) is 4.79 Å². The summed E-state index contributed by atoms with van der Waals surface area (Å²) in [6.07, 6.45) is 2.00. The topological polar surface area (TPSA) is 58.6 Å². The SMILES string of the molecule is C=Cc1c(C)cccc1C(=O)N1CCC(NC(=O)OC(C)(C)C)C1. The number of likely N-dealkylation sites (tertiary alicyclic amines) is 1. The second-order valence-corrected chi connectivity index (χ2v) is 7.12. The summed E-state index contributed by atoms with van der Waals surface area (Å²) in [5.74, 6) is -0.0258. The second kappa shape index (κ2) is 7.07. The predicted octanol–water partition coefficient (Wildman–Crippen LogP) is 3.38. The Bertz CT molecular complexity index is 647. The van der Waals surface area contributed by atoms with Crippen molar-refractivity contribution in [3.05, 3.63) is 41.5 Å². The van der Waals surface area contributed by atoms with Crippen LogP contribution in [0.3, 0.4) is 0 Å². The Morgan fingerprint density at radius 1 is 1.38 bits per heavy atom. The van der Waals surface area contributed by atoms with E-state index in [4.69, 9.17) is 4.74 Å². The zero-order valence-electron chi connectivity index (χ0n) is 14.9. The van der Waals surface area contributed by atoms with Crippen molar-refractivity contribution in [2.75, 3.05) is 13.1 Å². The van der Waals surface area contributed by atoms with Crippen LogP contribution in [0.15, 0.2) is 24.8 Å². The van der Waals surface area contributed by atoms with Crippen molar-refractivity contribution in [2.24, 2.45) is 0 Å². The molecule has 1 atom stereocenters. The third-order valence-corrected chi connectivity index (χ3v) is 3.95. The maximum Gasteiger partial charge on any atom is 0.407 e. The second-order valence-electron chi connectivity index (χ2n) is 7.12. The van der Waals surface area contributed by atoms with Gasteiger partial charge < -0.3 is 15.0 Å². The number of hydrogen-bond donors (Lipinski definition) is 1. The predicted molar refractivity (Wildman–Crippen MR) is 94.9 cm³/mol. The Morgan fingerprint density at radius 3 is 2.71 bits per heavy atom. The van der Waals surface area contributed by atoms with Crippen molar-refractivity contribution in [2.45, 2.75) is 45.8 Å². The summed E-state index contributed by atoms with van der Waals surface area (Å²) in [7, 11) is 0. The van der Waals surface area contributed by atoms with Gasteiger partial charge in [-0.1, -0.05) is 24.8 Å². The standard InChI is InChI=1S/C19H26N2O3/c1-6-15-13(2)8-7-9-16(15)17(22)21-11-10-14(12-21)20-18(23)24-19(3,4)5/h6-9,14H,1,10-12H2,2-5H3,(H,20,23). The van der Waals surface area contributed by atoms with Gasteiger partial charge in [-0.2, -0.15) is 0 Å². The highest BCUT2D eigenvalue weighted by atomic mass is 16.6. The molecule has 130 valence electrons. The van der Waals surface area contributed by atoms with Gasteiger partial charge in [0.2, 0.25) is 0 Å². The quantitative estimate of drug-likeness (QED) is 0.924. The van der Waals surface area contributed by atoms with Crippen LogP contribution in [0, 0.1) is 6.92 Å². The monoisotopic (exact) mass is 330 g/mol. The van der Waals surface area contributed by atoms with E-state index in [-0.39, 0.29) is 11.9 Å². The van der Waals surface area contributed by atoms with Crippen LogP contribution in [0.1, 0.15) is 48.7 Å². The first-order valence-corrected chi connectivity index (χ1v) is 8.22. The summed E-state index contributed by atoms with van der Waals surface area (Å²) in [5, 5.41) is 2.84. The molecule has 1 unspecified atom stereocenters. The molecule has 1 saturated heterocycles. The molecule has 24 heavy (non-hydrogen) atoms. The van der Waals surface area contributed by atoms with Crippen molar-refractivity contribution in [3.8, 4) is 0 Å². The van der Waals surface area contributed by atoms with Crippen LogP contribution >= 0.6 is 0 Å². The van der Waals surface area contributed by atoms with Crippen LogP contribution in [-0.2, 0) is 4.74 Å². The third kappa shape index (κ3) is 4.37. The fourth-order valence-corrected chi connectivity index (χ4v) is 2.85. The minimum absolute atomic E-state index is 0.0258. The van der Waals surface area contributed by atoms with Crippen LogP contribution < -0.4 is 5.32 Å². The number of nitrogens with one attached hydrogen (secondary N) is 1. The molecule has 1 aromatic rings. The van der Waals surface area contributed by atoms with E-state index in [1.54, 1.807) is 11.0 Å². The highest BCUT2D eigenvalue weighted by molar-refractivity contribution is 5.98. The van der Waals surface area contributed by atoms with Gasteiger partial charge in [0.1, 0.15) is 5.60 Å². The number of carbonyl (C=O) groups is 2. The van der Waals surface area contributed by atoms with E-state index >= 15 is 0 Å². The first kappa shape index (κ1) is 18.0. The molecule has 2 amide bonds. The molecule has 0 spiro atoms. The molecule has 0 bridgehead atoms. The molecule has 0 aromatic heterocycles. The number of ether oxygens (including phenoxy) is 1.